The second-order valence-corrected chi connectivity index (χ2v) is 20.8. The van der Waals surface area contributed by atoms with E-state index in [4.69, 9.17) is 0 Å². The van der Waals surface area contributed by atoms with E-state index >= 15 is 0 Å². The molecule has 0 N–H and O–H groups in total. The maximum absolute atomic E-state index is 12.3. The molecule has 0 aliphatic heterocycles. The molecular weight excluding hydrogens is 834 g/mol. The van der Waals surface area contributed by atoms with Gasteiger partial charge in [0.2, 0.25) is 0 Å². The monoisotopic (exact) mass is 860 g/mol. The fourth-order valence-corrected chi connectivity index (χ4v) is 16.4. The zero-order valence-corrected chi connectivity index (χ0v) is 41.7. The van der Waals surface area contributed by atoms with Gasteiger partial charge in [0.05, 0.1) is 19.6 Å². The van der Waals surface area contributed by atoms with E-state index in [9.17, 15) is 51.9 Å². The second kappa shape index (κ2) is 20.9. The summed E-state index contributed by atoms with van der Waals surface area (Å²) in [7, 11) is -24.1. The molecule has 1 saturated carbocycles. The van der Waals surface area contributed by atoms with Gasteiger partial charge in [-0.25, -0.2) is 33.7 Å². The zero-order chi connectivity index (χ0) is 35.1. The van der Waals surface area contributed by atoms with Crippen molar-refractivity contribution >= 4 is 77.5 Å². The molecule has 1 fully saturated rings. The van der Waals surface area contributed by atoms with E-state index in [1.165, 1.54) is 72.8 Å². The summed E-state index contributed by atoms with van der Waals surface area (Å²) in [6.45, 7) is 0. The molecule has 256 valence electrons. The first kappa shape index (κ1) is 51.4. The van der Waals surface area contributed by atoms with Crippen molar-refractivity contribution in [2.45, 2.75) is 32.4 Å². The van der Waals surface area contributed by atoms with Crippen molar-refractivity contribution < 1.29 is 170 Å². The molecule has 4 aromatic rings. The summed E-state index contributed by atoms with van der Waals surface area (Å²) < 4.78 is 148. The third-order valence-electron chi connectivity index (χ3n) is 8.11. The molecule has 0 bridgehead atoms. The molecular formula is C30H26Na4O12P2S4. The zero-order valence-electron chi connectivity index (χ0n) is 28.6. The Morgan fingerprint density at radius 2 is 0.596 bits per heavy atom. The quantitative estimate of drug-likeness (QED) is 0.0735. The van der Waals surface area contributed by atoms with E-state index in [2.05, 4.69) is 0 Å². The Labute approximate surface area is 395 Å². The fraction of sp³-hybridized carbons (Fsp3) is 0.200. The number of hydrogen-bond donors (Lipinski definition) is 0. The first-order valence-corrected chi connectivity index (χ1v) is 22.8. The van der Waals surface area contributed by atoms with E-state index in [1.54, 1.807) is 0 Å². The molecule has 2 atom stereocenters. The van der Waals surface area contributed by atoms with Gasteiger partial charge in [0.1, 0.15) is 40.5 Å². The molecule has 4 aromatic carbocycles. The summed E-state index contributed by atoms with van der Waals surface area (Å²) in [5, 5.41) is 0.211. The maximum Gasteiger partial charge on any atom is 1.00 e. The third-order valence-corrected chi connectivity index (χ3v) is 17.8. The van der Waals surface area contributed by atoms with Crippen LogP contribution in [0.4, 0.5) is 0 Å². The van der Waals surface area contributed by atoms with Crippen LogP contribution in [0.3, 0.4) is 0 Å². The van der Waals surface area contributed by atoms with Gasteiger partial charge in [-0.15, -0.1) is 0 Å². The van der Waals surface area contributed by atoms with Crippen LogP contribution in [0, 0.1) is 11.8 Å². The molecule has 1 aliphatic rings. The summed E-state index contributed by atoms with van der Waals surface area (Å²) in [5.41, 5.74) is 0. The number of hydrogen-bond acceptors (Lipinski definition) is 12. The average molecular weight is 861 g/mol. The van der Waals surface area contributed by atoms with Crippen LogP contribution in [0.1, 0.15) is 12.8 Å². The van der Waals surface area contributed by atoms with Crippen LogP contribution in [0.5, 0.6) is 0 Å². The first-order chi connectivity index (χ1) is 22.4. The number of benzene rings is 4. The molecule has 0 amide bonds. The molecule has 5 rings (SSSR count). The van der Waals surface area contributed by atoms with Gasteiger partial charge < -0.3 is 18.2 Å². The molecule has 0 aromatic heterocycles. The Morgan fingerprint density at radius 3 is 0.769 bits per heavy atom. The van der Waals surface area contributed by atoms with Gasteiger partial charge in [0, 0.05) is 0 Å². The van der Waals surface area contributed by atoms with E-state index in [1.807, 2.05) is 0 Å². The molecule has 1 aliphatic carbocycles. The Morgan fingerprint density at radius 1 is 0.404 bits per heavy atom. The van der Waals surface area contributed by atoms with E-state index in [0.29, 0.717) is 12.8 Å². The van der Waals surface area contributed by atoms with Crippen LogP contribution in [0.2, 0.25) is 0 Å². The minimum Gasteiger partial charge on any atom is -0.744 e. The van der Waals surface area contributed by atoms with Crippen LogP contribution in [0.15, 0.2) is 117 Å². The van der Waals surface area contributed by atoms with Gasteiger partial charge in [0.25, 0.3) is 0 Å². The number of rotatable bonds is 12. The van der Waals surface area contributed by atoms with Crippen molar-refractivity contribution in [3.63, 3.8) is 0 Å². The van der Waals surface area contributed by atoms with Crippen molar-refractivity contribution in [3.8, 4) is 0 Å². The summed E-state index contributed by atoms with van der Waals surface area (Å²) in [4.78, 5) is -2.24. The van der Waals surface area contributed by atoms with Crippen molar-refractivity contribution in [2.24, 2.45) is 11.8 Å². The van der Waals surface area contributed by atoms with Crippen LogP contribution in [-0.2, 0) is 40.5 Å². The van der Waals surface area contributed by atoms with Crippen LogP contribution in [-0.4, -0.2) is 64.2 Å². The maximum atomic E-state index is 12.3. The average Bonchev–Trinajstić information content (AvgIpc) is 3.00. The molecule has 0 radical (unpaired) electrons. The van der Waals surface area contributed by atoms with Gasteiger partial charge in [-0.05, 0) is 98.3 Å². The molecule has 22 heteroatoms. The smallest absolute Gasteiger partial charge is 0.744 e. The van der Waals surface area contributed by atoms with Crippen molar-refractivity contribution in [3.05, 3.63) is 97.1 Å². The predicted octanol–water partition coefficient (Wildman–Crippen LogP) is -10.1. The second-order valence-electron chi connectivity index (χ2n) is 11.0. The summed E-state index contributed by atoms with van der Waals surface area (Å²) in [5.74, 6) is -0.615. The van der Waals surface area contributed by atoms with Crippen molar-refractivity contribution in [1.82, 2.24) is 0 Å². The minimum absolute atomic E-state index is 0. The summed E-state index contributed by atoms with van der Waals surface area (Å²) >= 11 is 0. The standard InChI is InChI=1S/C30H30O12P2S4.4Na/c31-45(32,33)27-13-5-1-9-23(27)43(24-10-2-6-14-28(24)46(34,35)36)19-21-17-18-22(21)20-44(25-11-3-7-15-29(25)47(37,38)39)26-12-4-8-16-30(26)48(40,41)42;;;;/h1-16,21-22H,17-20H2,(H,31,32,33)(H,34,35,36)(H,37,38,39)(H,40,41,42);;;;/q;4*+1/p-4. The fourth-order valence-electron chi connectivity index (χ4n) is 5.81. The Kier molecular flexibility index (Phi) is 20.6. The van der Waals surface area contributed by atoms with Crippen LogP contribution in [0.25, 0.3) is 0 Å². The van der Waals surface area contributed by atoms with Gasteiger partial charge in [0.15, 0.2) is 0 Å². The summed E-state index contributed by atoms with van der Waals surface area (Å²) in [6, 6.07) is 21.4. The van der Waals surface area contributed by atoms with Gasteiger partial charge in [-0.1, -0.05) is 72.8 Å². The topological polar surface area (TPSA) is 229 Å². The molecule has 2 unspecified atom stereocenters. The van der Waals surface area contributed by atoms with Gasteiger partial charge in [-0.3, -0.25) is 0 Å². The van der Waals surface area contributed by atoms with Gasteiger partial charge >= 0.3 is 118 Å². The molecule has 0 heterocycles. The van der Waals surface area contributed by atoms with E-state index in [-0.39, 0.29) is 164 Å². The van der Waals surface area contributed by atoms with E-state index < -0.39 is 75.9 Å². The Hall–Kier alpha value is 1.38. The summed E-state index contributed by atoms with van der Waals surface area (Å²) in [6.07, 6.45) is 1.30. The normalized spacial score (nSPS) is 16.0. The first-order valence-electron chi connectivity index (χ1n) is 14.1. The molecule has 12 nitrogen and oxygen atoms in total. The Bertz CT molecular complexity index is 2000. The van der Waals surface area contributed by atoms with Crippen LogP contribution >= 0.6 is 15.8 Å². The van der Waals surface area contributed by atoms with Gasteiger partial charge in [-0.2, -0.15) is 0 Å². The minimum atomic E-state index is -5.03. The molecule has 0 spiro atoms. The Balaban J connectivity index is 0.00000338. The van der Waals surface area contributed by atoms with Crippen molar-refractivity contribution in [2.75, 3.05) is 12.3 Å². The van der Waals surface area contributed by atoms with E-state index in [0.717, 1.165) is 24.3 Å². The van der Waals surface area contributed by atoms with Crippen LogP contribution < -0.4 is 139 Å². The predicted molar refractivity (Wildman–Crippen MR) is 176 cm³/mol. The molecule has 0 saturated heterocycles. The SMILES string of the molecule is O=S(=O)([O-])c1ccccc1P(CC1CCC1CP(c1ccccc1S(=O)(=O)[O-])c1ccccc1S(=O)(=O)[O-])c1ccccc1S(=O)(=O)[O-].[Na+].[Na+].[Na+].[Na+]. The molecule has 52 heavy (non-hydrogen) atoms. The van der Waals surface area contributed by atoms with Crippen molar-refractivity contribution in [1.29, 1.82) is 0 Å². The largest absolute Gasteiger partial charge is 1.00 e. The third kappa shape index (κ3) is 12.4.